The molecule has 0 aliphatic heterocycles. The van der Waals surface area contributed by atoms with Gasteiger partial charge in [-0.3, -0.25) is 10.2 Å². The van der Waals surface area contributed by atoms with Crippen LogP contribution in [0.2, 0.25) is 0 Å². The van der Waals surface area contributed by atoms with Crippen LogP contribution in [0.1, 0.15) is 0 Å². The van der Waals surface area contributed by atoms with Crippen molar-refractivity contribution in [3.8, 4) is 11.3 Å². The van der Waals surface area contributed by atoms with E-state index in [4.69, 9.17) is 0 Å². The first kappa shape index (κ1) is 7.25. The number of para-hydroxylation sites is 1. The average molecular weight is 185 g/mol. The van der Waals surface area contributed by atoms with Gasteiger partial charge in [-0.1, -0.05) is 23.4 Å². The molecule has 3 aromatic rings. The molecule has 68 valence electrons. The van der Waals surface area contributed by atoms with Crippen LogP contribution in [0.15, 0.2) is 30.6 Å². The number of nitrogens with zero attached hydrogens (tertiary/aromatic N) is 3. The summed E-state index contributed by atoms with van der Waals surface area (Å²) in [6, 6.07) is 5.98. The van der Waals surface area contributed by atoms with Gasteiger partial charge in [0.2, 0.25) is 0 Å². The molecule has 0 saturated carbocycles. The van der Waals surface area contributed by atoms with Gasteiger partial charge in [0.25, 0.3) is 0 Å². The van der Waals surface area contributed by atoms with Crippen LogP contribution in [0, 0.1) is 0 Å². The van der Waals surface area contributed by atoms with Crippen molar-refractivity contribution in [1.82, 2.24) is 25.6 Å². The highest BCUT2D eigenvalue weighted by Gasteiger charge is 2.05. The molecule has 1 aromatic carbocycles. The van der Waals surface area contributed by atoms with Gasteiger partial charge in [0.15, 0.2) is 0 Å². The zero-order chi connectivity index (χ0) is 9.38. The van der Waals surface area contributed by atoms with E-state index in [9.17, 15) is 0 Å². The lowest BCUT2D eigenvalue weighted by Crippen LogP contribution is -1.80. The van der Waals surface area contributed by atoms with Crippen molar-refractivity contribution < 1.29 is 0 Å². The first-order valence-corrected chi connectivity index (χ1v) is 4.23. The Morgan fingerprint density at radius 1 is 1.07 bits per heavy atom. The Hall–Kier alpha value is -2.17. The van der Waals surface area contributed by atoms with E-state index in [1.54, 1.807) is 12.4 Å². The van der Waals surface area contributed by atoms with Crippen LogP contribution in [0.5, 0.6) is 0 Å². The number of rotatable bonds is 1. The first-order chi connectivity index (χ1) is 6.95. The van der Waals surface area contributed by atoms with E-state index in [0.717, 1.165) is 22.2 Å². The number of fused-ring (bicyclic) bond motifs is 1. The fourth-order valence-corrected chi connectivity index (χ4v) is 1.52. The summed E-state index contributed by atoms with van der Waals surface area (Å²) in [7, 11) is 0. The van der Waals surface area contributed by atoms with Gasteiger partial charge in [0.05, 0.1) is 23.6 Å². The molecule has 0 radical (unpaired) electrons. The predicted octanol–water partition coefficient (Wildman–Crippen LogP) is 1.35. The zero-order valence-electron chi connectivity index (χ0n) is 7.23. The maximum absolute atomic E-state index is 3.99. The van der Waals surface area contributed by atoms with E-state index >= 15 is 0 Å². The summed E-state index contributed by atoms with van der Waals surface area (Å²) in [5, 5.41) is 18.3. The fraction of sp³-hybridized carbons (Fsp3) is 0. The minimum atomic E-state index is 0.889. The van der Waals surface area contributed by atoms with Crippen molar-refractivity contribution in [3.05, 3.63) is 30.6 Å². The quantitative estimate of drug-likeness (QED) is 0.601. The molecule has 2 aromatic heterocycles. The molecule has 0 saturated heterocycles. The second kappa shape index (κ2) is 2.66. The Balaban J connectivity index is 2.36. The standard InChI is InChI=1S/C9H7N5/c1-2-6-4-10-13-9(6)7(3-1)8-5-11-14-12-8/h1-5H,(H,10,13)(H,11,12,14). The smallest absolute Gasteiger partial charge is 0.0875 e. The van der Waals surface area contributed by atoms with E-state index in [1.165, 1.54) is 0 Å². The van der Waals surface area contributed by atoms with Crippen molar-refractivity contribution in [2.75, 3.05) is 0 Å². The number of aromatic nitrogens is 5. The van der Waals surface area contributed by atoms with Gasteiger partial charge in [0.1, 0.15) is 0 Å². The van der Waals surface area contributed by atoms with Gasteiger partial charge < -0.3 is 0 Å². The maximum Gasteiger partial charge on any atom is 0.0875 e. The molecule has 0 atom stereocenters. The average Bonchev–Trinajstić information content (AvgIpc) is 2.88. The molecule has 0 bridgehead atoms. The fourth-order valence-electron chi connectivity index (χ4n) is 1.52. The first-order valence-electron chi connectivity index (χ1n) is 4.23. The molecule has 2 heterocycles. The van der Waals surface area contributed by atoms with Crippen LogP contribution in [0.25, 0.3) is 22.2 Å². The van der Waals surface area contributed by atoms with Crippen molar-refractivity contribution in [2.24, 2.45) is 0 Å². The van der Waals surface area contributed by atoms with Crippen LogP contribution in [-0.2, 0) is 0 Å². The SMILES string of the molecule is c1cc(-c2cnn[nH]2)c2[nH]ncc2c1. The molecule has 0 spiro atoms. The van der Waals surface area contributed by atoms with E-state index < -0.39 is 0 Å². The number of hydrogen-bond acceptors (Lipinski definition) is 3. The van der Waals surface area contributed by atoms with Crippen LogP contribution < -0.4 is 0 Å². The topological polar surface area (TPSA) is 70.2 Å². The van der Waals surface area contributed by atoms with Crippen LogP contribution in [-0.4, -0.2) is 25.6 Å². The molecular formula is C9H7N5. The van der Waals surface area contributed by atoms with Gasteiger partial charge in [0, 0.05) is 10.9 Å². The predicted molar refractivity (Wildman–Crippen MR) is 51.5 cm³/mol. The Labute approximate surface area is 79.2 Å². The van der Waals surface area contributed by atoms with Crippen LogP contribution >= 0.6 is 0 Å². The molecule has 5 nitrogen and oxygen atoms in total. The van der Waals surface area contributed by atoms with Crippen LogP contribution in [0.3, 0.4) is 0 Å². The number of benzene rings is 1. The third-order valence-electron chi connectivity index (χ3n) is 2.18. The summed E-state index contributed by atoms with van der Waals surface area (Å²) in [4.78, 5) is 0. The molecule has 14 heavy (non-hydrogen) atoms. The number of hydrogen-bond donors (Lipinski definition) is 2. The number of H-pyrrole nitrogens is 2. The summed E-state index contributed by atoms with van der Waals surface area (Å²) in [5.41, 5.74) is 2.92. The molecule has 2 N–H and O–H groups in total. The monoisotopic (exact) mass is 185 g/mol. The molecule has 0 aliphatic rings. The van der Waals surface area contributed by atoms with Crippen molar-refractivity contribution >= 4 is 10.9 Å². The highest BCUT2D eigenvalue weighted by Crippen LogP contribution is 2.23. The van der Waals surface area contributed by atoms with Gasteiger partial charge in [-0.15, -0.1) is 5.10 Å². The Morgan fingerprint density at radius 3 is 2.93 bits per heavy atom. The summed E-state index contributed by atoms with van der Waals surface area (Å²) in [6.45, 7) is 0. The molecule has 0 unspecified atom stereocenters. The van der Waals surface area contributed by atoms with Crippen molar-refractivity contribution in [3.63, 3.8) is 0 Å². The van der Waals surface area contributed by atoms with E-state index in [2.05, 4.69) is 25.6 Å². The lowest BCUT2D eigenvalue weighted by atomic mass is 10.1. The largest absolute Gasteiger partial charge is 0.277 e. The minimum absolute atomic E-state index is 0.889. The lowest BCUT2D eigenvalue weighted by molar-refractivity contribution is 0.942. The zero-order valence-corrected chi connectivity index (χ0v) is 7.23. The highest BCUT2D eigenvalue weighted by atomic mass is 15.3. The lowest BCUT2D eigenvalue weighted by Gasteiger charge is -1.97. The summed E-state index contributed by atoms with van der Waals surface area (Å²) >= 11 is 0. The maximum atomic E-state index is 3.99. The number of nitrogens with one attached hydrogen (secondary N) is 2. The van der Waals surface area contributed by atoms with E-state index in [1.807, 2.05) is 18.2 Å². The van der Waals surface area contributed by atoms with Gasteiger partial charge in [-0.05, 0) is 0 Å². The Kier molecular flexibility index (Phi) is 1.38. The molecular weight excluding hydrogens is 178 g/mol. The highest BCUT2D eigenvalue weighted by molar-refractivity contribution is 5.91. The summed E-state index contributed by atoms with van der Waals surface area (Å²) in [6.07, 6.45) is 3.48. The summed E-state index contributed by atoms with van der Waals surface area (Å²) in [5.74, 6) is 0. The van der Waals surface area contributed by atoms with E-state index in [-0.39, 0.29) is 0 Å². The minimum Gasteiger partial charge on any atom is -0.277 e. The molecule has 0 amide bonds. The molecule has 0 fully saturated rings. The third kappa shape index (κ3) is 0.922. The van der Waals surface area contributed by atoms with Crippen LogP contribution in [0.4, 0.5) is 0 Å². The molecule has 3 rings (SSSR count). The van der Waals surface area contributed by atoms with Crippen molar-refractivity contribution in [1.29, 1.82) is 0 Å². The normalized spacial score (nSPS) is 10.9. The van der Waals surface area contributed by atoms with Crippen molar-refractivity contribution in [2.45, 2.75) is 0 Å². The van der Waals surface area contributed by atoms with Gasteiger partial charge in [-0.25, -0.2) is 0 Å². The summed E-state index contributed by atoms with van der Waals surface area (Å²) < 4.78 is 0. The Bertz CT molecular complexity index is 551. The number of aromatic amines is 2. The van der Waals surface area contributed by atoms with Gasteiger partial charge in [-0.2, -0.15) is 5.10 Å². The second-order valence-corrected chi connectivity index (χ2v) is 3.01. The third-order valence-corrected chi connectivity index (χ3v) is 2.18. The second-order valence-electron chi connectivity index (χ2n) is 3.01. The Morgan fingerprint density at radius 2 is 2.07 bits per heavy atom. The molecule has 5 heteroatoms. The molecule has 0 aliphatic carbocycles. The van der Waals surface area contributed by atoms with E-state index in [0.29, 0.717) is 0 Å². The van der Waals surface area contributed by atoms with Gasteiger partial charge >= 0.3 is 0 Å².